The lowest BCUT2D eigenvalue weighted by molar-refractivity contribution is -0.160. The minimum Gasteiger partial charge on any atom is -0.454 e. The van der Waals surface area contributed by atoms with Crippen LogP contribution in [0.2, 0.25) is 0 Å². The molecule has 39 heavy (non-hydrogen) atoms. The monoisotopic (exact) mass is 542 g/mol. The van der Waals surface area contributed by atoms with E-state index in [1.165, 1.54) is 17.0 Å². The molecule has 0 saturated carbocycles. The number of anilines is 1. The number of likely N-dealkylation sites (tertiary alicyclic amines) is 1. The van der Waals surface area contributed by atoms with Gasteiger partial charge in [0.2, 0.25) is 5.91 Å². The molecule has 206 valence electrons. The summed E-state index contributed by atoms with van der Waals surface area (Å²) in [7, 11) is 3.36. The van der Waals surface area contributed by atoms with E-state index in [-0.39, 0.29) is 24.3 Å². The third-order valence-corrected chi connectivity index (χ3v) is 7.04. The fourth-order valence-electron chi connectivity index (χ4n) is 4.92. The summed E-state index contributed by atoms with van der Waals surface area (Å²) in [6.45, 7) is 4.71. The van der Waals surface area contributed by atoms with Crippen LogP contribution in [0.25, 0.3) is 11.0 Å². The quantitative estimate of drug-likeness (QED) is 0.371. The summed E-state index contributed by atoms with van der Waals surface area (Å²) in [5.41, 5.74) is 1.10. The fraction of sp³-hybridized carbons (Fsp3) is 0.407. The number of halogens is 3. The molecule has 1 amide bonds. The normalized spacial score (nSPS) is 18.6. The third-order valence-electron chi connectivity index (χ3n) is 7.04. The van der Waals surface area contributed by atoms with Gasteiger partial charge in [0.1, 0.15) is 29.9 Å². The van der Waals surface area contributed by atoms with Crippen LogP contribution in [0.15, 0.2) is 42.6 Å². The summed E-state index contributed by atoms with van der Waals surface area (Å²) in [6.07, 6.45) is -1.69. The lowest BCUT2D eigenvalue weighted by atomic mass is 9.91. The summed E-state index contributed by atoms with van der Waals surface area (Å²) in [4.78, 5) is 37.0. The second-order valence-electron chi connectivity index (χ2n) is 10.2. The summed E-state index contributed by atoms with van der Waals surface area (Å²) < 4.78 is 47.3. The summed E-state index contributed by atoms with van der Waals surface area (Å²) in [5, 5.41) is 3.90. The van der Waals surface area contributed by atoms with E-state index in [1.54, 1.807) is 40.2 Å². The molecule has 2 aromatic heterocycles. The average Bonchev–Trinajstić information content (AvgIpc) is 3.20. The molecule has 1 aromatic carbocycles. The highest BCUT2D eigenvalue weighted by Crippen LogP contribution is 2.40. The molecular formula is C27H29F3N6O3. The van der Waals surface area contributed by atoms with E-state index in [9.17, 15) is 22.8 Å². The first-order valence-electron chi connectivity index (χ1n) is 12.5. The van der Waals surface area contributed by atoms with Crippen LogP contribution in [0, 0.1) is 12.8 Å². The Hall–Kier alpha value is -4.09. The van der Waals surface area contributed by atoms with E-state index < -0.39 is 23.9 Å². The summed E-state index contributed by atoms with van der Waals surface area (Å²) in [6, 6.07) is 6.59. The van der Waals surface area contributed by atoms with Gasteiger partial charge in [-0.3, -0.25) is 9.59 Å². The topological polar surface area (TPSA) is 92.6 Å². The van der Waals surface area contributed by atoms with Crippen molar-refractivity contribution in [1.29, 1.82) is 0 Å². The number of hydrogen-bond acceptors (Lipinski definition) is 7. The molecule has 4 heterocycles. The van der Waals surface area contributed by atoms with Crippen molar-refractivity contribution < 1.29 is 27.5 Å². The van der Waals surface area contributed by atoms with Gasteiger partial charge < -0.3 is 24.4 Å². The van der Waals surface area contributed by atoms with Crippen LogP contribution in [0.4, 0.5) is 19.0 Å². The van der Waals surface area contributed by atoms with Crippen molar-refractivity contribution in [1.82, 2.24) is 24.3 Å². The van der Waals surface area contributed by atoms with Gasteiger partial charge in [-0.05, 0) is 37.6 Å². The number of fused-ring (bicyclic) bond motifs is 3. The number of amides is 1. The zero-order valence-electron chi connectivity index (χ0n) is 22.0. The molecule has 12 heteroatoms. The van der Waals surface area contributed by atoms with E-state index >= 15 is 0 Å². The fourth-order valence-corrected chi connectivity index (χ4v) is 4.92. The van der Waals surface area contributed by atoms with Crippen LogP contribution < -0.4 is 5.32 Å². The van der Waals surface area contributed by atoms with Gasteiger partial charge in [-0.15, -0.1) is 0 Å². The Morgan fingerprint density at radius 2 is 1.97 bits per heavy atom. The first kappa shape index (κ1) is 26.5. The Bertz CT molecular complexity index is 1460. The lowest BCUT2D eigenvalue weighted by Crippen LogP contribution is -2.48. The molecule has 1 N–H and O–H groups in total. The van der Waals surface area contributed by atoms with Crippen molar-refractivity contribution in [2.24, 2.45) is 5.92 Å². The maximum Gasteiger partial charge on any atom is 0.416 e. The van der Waals surface area contributed by atoms with E-state index in [2.05, 4.69) is 15.3 Å². The van der Waals surface area contributed by atoms with Crippen molar-refractivity contribution in [2.75, 3.05) is 32.5 Å². The van der Waals surface area contributed by atoms with E-state index in [0.29, 0.717) is 41.3 Å². The van der Waals surface area contributed by atoms with Crippen molar-refractivity contribution in [2.45, 2.75) is 38.7 Å². The van der Waals surface area contributed by atoms with Crippen LogP contribution >= 0.6 is 0 Å². The third kappa shape index (κ3) is 5.27. The molecule has 1 unspecified atom stereocenters. The minimum absolute atomic E-state index is 0.00207. The van der Waals surface area contributed by atoms with Gasteiger partial charge in [-0.25, -0.2) is 9.97 Å². The summed E-state index contributed by atoms with van der Waals surface area (Å²) >= 11 is 0. The van der Waals surface area contributed by atoms with Crippen molar-refractivity contribution in [3.05, 3.63) is 65.3 Å². The molecule has 0 spiro atoms. The highest BCUT2D eigenvalue weighted by molar-refractivity contribution is 5.90. The highest BCUT2D eigenvalue weighted by Gasteiger charge is 2.41. The molecule has 0 bridgehead atoms. The Balaban J connectivity index is 1.42. The van der Waals surface area contributed by atoms with Crippen LogP contribution in [0.1, 0.15) is 41.7 Å². The van der Waals surface area contributed by atoms with Crippen LogP contribution in [0.3, 0.4) is 0 Å². The van der Waals surface area contributed by atoms with Gasteiger partial charge in [-0.2, -0.15) is 13.2 Å². The van der Waals surface area contributed by atoms with Gasteiger partial charge >= 0.3 is 12.1 Å². The average molecular weight is 543 g/mol. The molecule has 2 aliphatic rings. The largest absolute Gasteiger partial charge is 0.454 e. The lowest BCUT2D eigenvalue weighted by Gasteiger charge is -2.43. The molecule has 2 atom stereocenters. The highest BCUT2D eigenvalue weighted by atomic mass is 19.4. The molecule has 0 aliphatic carbocycles. The zero-order chi connectivity index (χ0) is 28.1. The Morgan fingerprint density at radius 1 is 1.23 bits per heavy atom. The van der Waals surface area contributed by atoms with E-state index in [0.717, 1.165) is 17.8 Å². The number of alkyl halides is 3. The molecular weight excluding hydrogens is 513 g/mol. The molecule has 1 fully saturated rings. The maximum absolute atomic E-state index is 13.2. The van der Waals surface area contributed by atoms with Crippen LogP contribution in [-0.2, 0) is 27.0 Å². The van der Waals surface area contributed by atoms with E-state index in [4.69, 9.17) is 4.74 Å². The zero-order valence-corrected chi connectivity index (χ0v) is 22.0. The number of aryl methyl sites for hydroxylation is 1. The second-order valence-corrected chi connectivity index (χ2v) is 10.2. The van der Waals surface area contributed by atoms with Crippen molar-refractivity contribution in [3.63, 3.8) is 0 Å². The molecule has 5 rings (SSSR count). The maximum atomic E-state index is 13.2. The summed E-state index contributed by atoms with van der Waals surface area (Å²) in [5.74, 6) is 0.464. The van der Waals surface area contributed by atoms with Gasteiger partial charge in [0.15, 0.2) is 0 Å². The molecule has 3 aromatic rings. The number of carbonyl (C=O) groups is 2. The Morgan fingerprint density at radius 3 is 2.67 bits per heavy atom. The first-order valence-corrected chi connectivity index (χ1v) is 12.5. The molecule has 9 nitrogen and oxygen atoms in total. The number of aromatic nitrogens is 3. The number of carbonyl (C=O) groups excluding carboxylic acids is 2. The number of hydrogen-bond donors (Lipinski definition) is 1. The van der Waals surface area contributed by atoms with Gasteiger partial charge in [0, 0.05) is 51.4 Å². The minimum atomic E-state index is -4.44. The van der Waals surface area contributed by atoms with Crippen molar-refractivity contribution >= 4 is 28.7 Å². The SMILES string of the molecule is Cc1nc(N[C@H](C)c2cccc(C(F)(F)F)c2)c2cc3n(c2n1)CC(=O)OC3C1CN(C=CC(=O)N(C)C)C1. The standard InChI is InChI=1S/C27H29F3N6O3/c1-15(17-6-5-7-19(10-17)27(28,29)30)31-25-20-11-21-24(18-12-35(13-18)9-8-22(37)34(3)4)39-23(38)14-36(21)26(20)33-16(2)32-25/h5-11,15,18,24H,12-14H2,1-4H3,(H,31,32,33)/t15-,24?/m1/s1. The number of ether oxygens (including phenoxy) is 1. The van der Waals surface area contributed by atoms with Crippen LogP contribution in [0.5, 0.6) is 0 Å². The number of esters is 1. The Labute approximate surface area is 223 Å². The van der Waals surface area contributed by atoms with E-state index in [1.807, 2.05) is 15.5 Å². The second kappa shape index (κ2) is 9.90. The van der Waals surface area contributed by atoms with Crippen LogP contribution in [-0.4, -0.2) is 63.4 Å². The van der Waals surface area contributed by atoms with Crippen molar-refractivity contribution in [3.8, 4) is 0 Å². The number of benzene rings is 1. The van der Waals surface area contributed by atoms with Gasteiger partial charge in [-0.1, -0.05) is 12.1 Å². The predicted octanol–water partition coefficient (Wildman–Crippen LogP) is 4.06. The smallest absolute Gasteiger partial charge is 0.416 e. The number of rotatable bonds is 6. The number of nitrogens with one attached hydrogen (secondary N) is 1. The van der Waals surface area contributed by atoms with Gasteiger partial charge in [0.25, 0.3) is 0 Å². The number of cyclic esters (lactones) is 1. The van der Waals surface area contributed by atoms with Gasteiger partial charge in [0.05, 0.1) is 16.6 Å². The Kier molecular flexibility index (Phi) is 6.73. The molecule has 2 aliphatic heterocycles. The first-order chi connectivity index (χ1) is 18.4. The molecule has 1 saturated heterocycles. The number of likely N-dealkylation sites (N-methyl/N-ethyl adjacent to an activating group) is 1. The predicted molar refractivity (Wildman–Crippen MR) is 137 cm³/mol. The number of nitrogens with zero attached hydrogens (tertiary/aromatic N) is 5. The molecule has 0 radical (unpaired) electrons.